The lowest BCUT2D eigenvalue weighted by atomic mass is 10.0. The van der Waals surface area contributed by atoms with E-state index in [9.17, 15) is 5.11 Å². The van der Waals surface area contributed by atoms with E-state index < -0.39 is 5.60 Å². The summed E-state index contributed by atoms with van der Waals surface area (Å²) in [6.07, 6.45) is 1.54. The molecule has 0 radical (unpaired) electrons. The maximum Gasteiger partial charge on any atom is 0.194 e. The number of aliphatic imine (C=N–C) groups is 1. The average Bonchev–Trinajstić information content (AvgIpc) is 3.09. The fourth-order valence-electron chi connectivity index (χ4n) is 2.32. The SMILES string of the molecule is CCNC(=NCC(C)(O)c1ccco1)N(C)Cc1ccccc1Cl. The van der Waals surface area contributed by atoms with Crippen LogP contribution in [0.3, 0.4) is 0 Å². The molecule has 0 aliphatic carbocycles. The van der Waals surface area contributed by atoms with Gasteiger partial charge in [-0.1, -0.05) is 29.8 Å². The van der Waals surface area contributed by atoms with E-state index >= 15 is 0 Å². The van der Waals surface area contributed by atoms with Gasteiger partial charge in [0, 0.05) is 25.2 Å². The molecule has 0 aliphatic heterocycles. The molecule has 0 saturated carbocycles. The van der Waals surface area contributed by atoms with Crippen molar-refractivity contribution in [3.05, 3.63) is 59.0 Å². The van der Waals surface area contributed by atoms with E-state index in [0.29, 0.717) is 18.3 Å². The molecule has 0 aliphatic rings. The zero-order valence-electron chi connectivity index (χ0n) is 14.3. The van der Waals surface area contributed by atoms with Crippen LogP contribution < -0.4 is 5.32 Å². The predicted octanol–water partition coefficient (Wildman–Crippen LogP) is 3.24. The van der Waals surface area contributed by atoms with E-state index in [0.717, 1.165) is 17.1 Å². The van der Waals surface area contributed by atoms with Gasteiger partial charge in [-0.3, -0.25) is 0 Å². The molecule has 0 saturated heterocycles. The fraction of sp³-hybridized carbons (Fsp3) is 0.389. The van der Waals surface area contributed by atoms with Gasteiger partial charge in [-0.25, -0.2) is 4.99 Å². The van der Waals surface area contributed by atoms with Crippen molar-refractivity contribution in [2.24, 2.45) is 4.99 Å². The largest absolute Gasteiger partial charge is 0.466 e. The number of hydrogen-bond donors (Lipinski definition) is 2. The Hall–Kier alpha value is -1.98. The van der Waals surface area contributed by atoms with Gasteiger partial charge in [-0.2, -0.15) is 0 Å². The van der Waals surface area contributed by atoms with Gasteiger partial charge in [0.1, 0.15) is 11.4 Å². The predicted molar refractivity (Wildman–Crippen MR) is 97.2 cm³/mol. The Balaban J connectivity index is 2.11. The van der Waals surface area contributed by atoms with Crippen molar-refractivity contribution >= 4 is 17.6 Å². The van der Waals surface area contributed by atoms with Crippen molar-refractivity contribution in [1.29, 1.82) is 0 Å². The van der Waals surface area contributed by atoms with Gasteiger partial charge in [0.15, 0.2) is 5.96 Å². The van der Waals surface area contributed by atoms with Gasteiger partial charge < -0.3 is 19.7 Å². The maximum atomic E-state index is 10.5. The van der Waals surface area contributed by atoms with Crippen LogP contribution in [-0.2, 0) is 12.1 Å². The van der Waals surface area contributed by atoms with Crippen molar-refractivity contribution in [3.63, 3.8) is 0 Å². The second kappa shape index (κ2) is 8.22. The lowest BCUT2D eigenvalue weighted by molar-refractivity contribution is 0.0435. The first-order chi connectivity index (χ1) is 11.4. The first-order valence-corrected chi connectivity index (χ1v) is 8.31. The van der Waals surface area contributed by atoms with Gasteiger partial charge in [0.05, 0.1) is 12.8 Å². The summed E-state index contributed by atoms with van der Waals surface area (Å²) in [4.78, 5) is 6.52. The molecule has 1 aromatic heterocycles. The standard InChI is InChI=1S/C18H24ClN3O2/c1-4-20-17(21-13-18(2,23)16-10-7-11-24-16)22(3)12-14-8-5-6-9-15(14)19/h5-11,23H,4,12-13H2,1-3H3,(H,20,21). The highest BCUT2D eigenvalue weighted by Crippen LogP contribution is 2.21. The Morgan fingerprint density at radius 1 is 1.33 bits per heavy atom. The smallest absolute Gasteiger partial charge is 0.194 e. The molecular weight excluding hydrogens is 326 g/mol. The Morgan fingerprint density at radius 2 is 2.08 bits per heavy atom. The number of halogens is 1. The number of nitrogens with zero attached hydrogens (tertiary/aromatic N) is 2. The average molecular weight is 350 g/mol. The van der Waals surface area contributed by atoms with Crippen molar-refractivity contribution in [1.82, 2.24) is 10.2 Å². The highest BCUT2D eigenvalue weighted by molar-refractivity contribution is 6.31. The minimum atomic E-state index is -1.16. The van der Waals surface area contributed by atoms with Gasteiger partial charge in [0.25, 0.3) is 0 Å². The Morgan fingerprint density at radius 3 is 2.71 bits per heavy atom. The number of furan rings is 1. The van der Waals surface area contributed by atoms with Crippen LogP contribution in [0.15, 0.2) is 52.1 Å². The number of benzene rings is 1. The Labute approximate surface area is 148 Å². The summed E-state index contributed by atoms with van der Waals surface area (Å²) in [5, 5.41) is 14.5. The number of nitrogens with one attached hydrogen (secondary N) is 1. The highest BCUT2D eigenvalue weighted by Gasteiger charge is 2.26. The summed E-state index contributed by atoms with van der Waals surface area (Å²) in [7, 11) is 1.94. The molecule has 1 unspecified atom stereocenters. The summed E-state index contributed by atoms with van der Waals surface area (Å²) in [6.45, 7) is 5.23. The highest BCUT2D eigenvalue weighted by atomic mass is 35.5. The molecule has 0 amide bonds. The third kappa shape index (κ3) is 4.76. The summed E-state index contributed by atoms with van der Waals surface area (Å²) >= 11 is 6.23. The van der Waals surface area contributed by atoms with Crippen LogP contribution in [0.4, 0.5) is 0 Å². The van der Waals surface area contributed by atoms with Crippen molar-refractivity contribution in [3.8, 4) is 0 Å². The van der Waals surface area contributed by atoms with Gasteiger partial charge in [-0.15, -0.1) is 0 Å². The van der Waals surface area contributed by atoms with E-state index in [2.05, 4.69) is 10.3 Å². The minimum Gasteiger partial charge on any atom is -0.466 e. The second-order valence-corrected chi connectivity index (χ2v) is 6.28. The first kappa shape index (κ1) is 18.4. The van der Waals surface area contributed by atoms with Crippen LogP contribution in [0.5, 0.6) is 0 Å². The number of aliphatic hydroxyl groups is 1. The number of hydrogen-bond acceptors (Lipinski definition) is 3. The molecule has 0 bridgehead atoms. The number of guanidine groups is 1. The molecule has 1 heterocycles. The van der Waals surface area contributed by atoms with Crippen molar-refractivity contribution in [2.45, 2.75) is 26.0 Å². The molecule has 5 nitrogen and oxygen atoms in total. The molecule has 2 N–H and O–H groups in total. The lowest BCUT2D eigenvalue weighted by Gasteiger charge is -2.24. The van der Waals surface area contributed by atoms with Crippen LogP contribution in [-0.4, -0.2) is 36.1 Å². The van der Waals surface area contributed by atoms with Crippen LogP contribution in [0, 0.1) is 0 Å². The first-order valence-electron chi connectivity index (χ1n) is 7.93. The molecule has 0 spiro atoms. The molecule has 1 aromatic carbocycles. The summed E-state index contributed by atoms with van der Waals surface area (Å²) < 4.78 is 5.29. The monoisotopic (exact) mass is 349 g/mol. The fourth-order valence-corrected chi connectivity index (χ4v) is 2.51. The zero-order valence-corrected chi connectivity index (χ0v) is 15.0. The van der Waals surface area contributed by atoms with Crippen LogP contribution in [0.1, 0.15) is 25.2 Å². The van der Waals surface area contributed by atoms with Crippen LogP contribution >= 0.6 is 11.6 Å². The van der Waals surface area contributed by atoms with Crippen molar-refractivity contribution < 1.29 is 9.52 Å². The molecule has 2 rings (SSSR count). The van der Waals surface area contributed by atoms with E-state index in [1.807, 2.05) is 43.1 Å². The summed E-state index contributed by atoms with van der Waals surface area (Å²) in [6, 6.07) is 11.2. The molecule has 1 atom stereocenters. The third-order valence-electron chi connectivity index (χ3n) is 3.65. The number of rotatable bonds is 6. The normalized spacial score (nSPS) is 14.3. The topological polar surface area (TPSA) is 61.0 Å². The van der Waals surface area contributed by atoms with Crippen LogP contribution in [0.2, 0.25) is 5.02 Å². The maximum absolute atomic E-state index is 10.5. The molecule has 130 valence electrons. The van der Waals surface area contributed by atoms with Crippen LogP contribution in [0.25, 0.3) is 0 Å². The molecule has 24 heavy (non-hydrogen) atoms. The van der Waals surface area contributed by atoms with Gasteiger partial charge >= 0.3 is 0 Å². The van der Waals surface area contributed by atoms with Gasteiger partial charge in [-0.05, 0) is 37.6 Å². The van der Waals surface area contributed by atoms with Gasteiger partial charge in [0.2, 0.25) is 0 Å². The van der Waals surface area contributed by atoms with E-state index in [1.54, 1.807) is 25.3 Å². The lowest BCUT2D eigenvalue weighted by Crippen LogP contribution is -2.39. The molecule has 0 fully saturated rings. The zero-order chi connectivity index (χ0) is 17.6. The summed E-state index contributed by atoms with van der Waals surface area (Å²) in [5.41, 5.74) is -0.139. The molecule has 6 heteroatoms. The summed E-state index contributed by atoms with van der Waals surface area (Å²) in [5.74, 6) is 1.19. The van der Waals surface area contributed by atoms with E-state index in [1.165, 1.54) is 0 Å². The second-order valence-electron chi connectivity index (χ2n) is 5.87. The minimum absolute atomic E-state index is 0.190. The third-order valence-corrected chi connectivity index (χ3v) is 4.02. The Bertz CT molecular complexity index is 669. The van der Waals surface area contributed by atoms with E-state index in [4.69, 9.17) is 16.0 Å². The van der Waals surface area contributed by atoms with E-state index in [-0.39, 0.29) is 6.54 Å². The van der Waals surface area contributed by atoms with Crippen molar-refractivity contribution in [2.75, 3.05) is 20.1 Å². The quantitative estimate of drug-likeness (QED) is 0.621. The molecular formula is C18H24ClN3O2. The molecule has 2 aromatic rings. The Kier molecular flexibility index (Phi) is 6.29.